The Morgan fingerprint density at radius 1 is 0.578 bits per heavy atom. The van der Waals surface area contributed by atoms with Crippen molar-refractivity contribution in [1.29, 1.82) is 0 Å². The van der Waals surface area contributed by atoms with Crippen LogP contribution in [0.2, 0.25) is 0 Å². The molecule has 6 aromatic carbocycles. The summed E-state index contributed by atoms with van der Waals surface area (Å²) in [6, 6.07) is 47.5. The Labute approximate surface area is 263 Å². The predicted octanol–water partition coefficient (Wildman–Crippen LogP) is 11.4. The van der Waals surface area contributed by atoms with Crippen LogP contribution >= 0.6 is 0 Å². The van der Waals surface area contributed by atoms with Crippen molar-refractivity contribution >= 4 is 11.4 Å². The van der Waals surface area contributed by atoms with Gasteiger partial charge in [-0.2, -0.15) is 0 Å². The Morgan fingerprint density at radius 2 is 1.16 bits per heavy atom. The fourth-order valence-electron chi connectivity index (χ4n) is 7.89. The molecule has 1 aliphatic heterocycles. The van der Waals surface area contributed by atoms with Crippen LogP contribution in [0.4, 0.5) is 11.4 Å². The quantitative estimate of drug-likeness (QED) is 0.206. The van der Waals surface area contributed by atoms with E-state index in [4.69, 9.17) is 9.47 Å². The number of anilines is 2. The number of fused-ring (bicyclic) bond motifs is 13. The number of allylic oxidation sites excluding steroid dienone is 2. The van der Waals surface area contributed by atoms with Gasteiger partial charge in [0.2, 0.25) is 0 Å². The zero-order chi connectivity index (χ0) is 30.1. The summed E-state index contributed by atoms with van der Waals surface area (Å²) in [6.07, 6.45) is 3.18. The Balaban J connectivity index is 1.26. The van der Waals surface area contributed by atoms with E-state index in [2.05, 4.69) is 146 Å². The van der Waals surface area contributed by atoms with Gasteiger partial charge in [-0.3, -0.25) is 0 Å². The van der Waals surface area contributed by atoms with E-state index in [1.807, 2.05) is 12.1 Å². The molecule has 1 spiro atoms. The van der Waals surface area contributed by atoms with Crippen LogP contribution in [0.25, 0.3) is 22.3 Å². The minimum Gasteiger partial charge on any atom is -0.449 e. The molecule has 3 aliphatic rings. The van der Waals surface area contributed by atoms with Gasteiger partial charge in [-0.15, -0.1) is 0 Å². The molecule has 1 heterocycles. The van der Waals surface area contributed by atoms with Crippen LogP contribution in [0.1, 0.15) is 42.5 Å². The van der Waals surface area contributed by atoms with Crippen LogP contribution in [-0.4, -0.2) is 0 Å². The van der Waals surface area contributed by atoms with Gasteiger partial charge in [-0.25, -0.2) is 0 Å². The fraction of sp³-hybridized carbons (Fsp3) is 0.0952. The summed E-state index contributed by atoms with van der Waals surface area (Å²) < 4.78 is 13.8. The lowest BCUT2D eigenvalue weighted by Gasteiger charge is -2.32. The molecule has 3 heteroatoms. The average Bonchev–Trinajstić information content (AvgIpc) is 3.56. The van der Waals surface area contributed by atoms with Crippen LogP contribution in [0.3, 0.4) is 0 Å². The van der Waals surface area contributed by atoms with Gasteiger partial charge in [0.05, 0.1) is 11.1 Å². The summed E-state index contributed by atoms with van der Waals surface area (Å²) in [4.78, 5) is 2.25. The Hall–Kier alpha value is -5.54. The van der Waals surface area contributed by atoms with Gasteiger partial charge in [-0.05, 0) is 82.6 Å². The predicted molar refractivity (Wildman–Crippen MR) is 182 cm³/mol. The fourth-order valence-corrected chi connectivity index (χ4v) is 7.89. The molecule has 0 saturated heterocycles. The molecule has 0 fully saturated rings. The monoisotopic (exact) mass is 581 g/mol. The second-order valence-corrected chi connectivity index (χ2v) is 11.9. The molecular weight excluding hydrogens is 550 g/mol. The highest BCUT2D eigenvalue weighted by atomic mass is 16.6. The van der Waals surface area contributed by atoms with E-state index in [0.29, 0.717) is 5.75 Å². The molecule has 0 N–H and O–H groups in total. The van der Waals surface area contributed by atoms with E-state index in [9.17, 15) is 0 Å². The van der Waals surface area contributed by atoms with Crippen molar-refractivity contribution in [1.82, 2.24) is 0 Å². The molecule has 9 rings (SSSR count). The third kappa shape index (κ3) is 3.47. The number of ether oxygens (including phenoxy) is 2. The Morgan fingerprint density at radius 3 is 1.84 bits per heavy atom. The van der Waals surface area contributed by atoms with Crippen LogP contribution < -0.4 is 14.4 Å². The van der Waals surface area contributed by atoms with E-state index in [1.54, 1.807) is 0 Å². The summed E-state index contributed by atoms with van der Waals surface area (Å²) in [5.41, 5.74) is 12.7. The maximum atomic E-state index is 6.95. The van der Waals surface area contributed by atoms with Gasteiger partial charge in [0.1, 0.15) is 0 Å². The largest absolute Gasteiger partial charge is 0.449 e. The molecule has 0 bridgehead atoms. The molecule has 216 valence electrons. The van der Waals surface area contributed by atoms with E-state index < -0.39 is 5.41 Å². The molecule has 0 unspecified atom stereocenters. The van der Waals surface area contributed by atoms with Crippen molar-refractivity contribution in [2.45, 2.75) is 25.7 Å². The second-order valence-electron chi connectivity index (χ2n) is 11.9. The van der Waals surface area contributed by atoms with Crippen molar-refractivity contribution < 1.29 is 9.47 Å². The normalized spacial score (nSPS) is 14.3. The Bertz CT molecular complexity index is 2130. The third-order valence-corrected chi connectivity index (χ3v) is 9.57. The maximum absolute atomic E-state index is 6.95. The van der Waals surface area contributed by atoms with Crippen molar-refractivity contribution in [3.8, 4) is 45.3 Å². The zero-order valence-corrected chi connectivity index (χ0v) is 25.2. The number of rotatable bonds is 4. The summed E-state index contributed by atoms with van der Waals surface area (Å²) in [6.45, 7) is 4.31. The average molecular weight is 582 g/mol. The molecule has 6 aromatic rings. The van der Waals surface area contributed by atoms with Gasteiger partial charge in [-0.1, -0.05) is 116 Å². The minimum absolute atomic E-state index is 0.425. The van der Waals surface area contributed by atoms with E-state index >= 15 is 0 Å². The highest BCUT2D eigenvalue weighted by Crippen LogP contribution is 2.66. The third-order valence-electron chi connectivity index (χ3n) is 9.57. The van der Waals surface area contributed by atoms with Crippen LogP contribution in [0.15, 0.2) is 145 Å². The highest BCUT2D eigenvalue weighted by Gasteiger charge is 2.53. The van der Waals surface area contributed by atoms with Crippen molar-refractivity contribution in [3.05, 3.63) is 167 Å². The lowest BCUT2D eigenvalue weighted by Crippen LogP contribution is -2.25. The summed E-state index contributed by atoms with van der Waals surface area (Å²) in [5.74, 6) is 2.93. The smallest absolute Gasteiger partial charge is 0.194 e. The molecular formula is C42H31NO2. The number of benzene rings is 6. The molecule has 2 aliphatic carbocycles. The summed E-state index contributed by atoms with van der Waals surface area (Å²) in [7, 11) is 0. The maximum Gasteiger partial charge on any atom is 0.194 e. The number of hydrogen-bond acceptors (Lipinski definition) is 3. The first-order valence-electron chi connectivity index (χ1n) is 15.7. The molecule has 0 saturated carbocycles. The molecule has 0 radical (unpaired) electrons. The highest BCUT2D eigenvalue weighted by molar-refractivity contribution is 5.98. The topological polar surface area (TPSA) is 21.7 Å². The van der Waals surface area contributed by atoms with Gasteiger partial charge in [0, 0.05) is 16.9 Å². The van der Waals surface area contributed by atoms with Crippen LogP contribution in [0.5, 0.6) is 23.0 Å². The Kier molecular flexibility index (Phi) is 5.61. The van der Waals surface area contributed by atoms with Crippen molar-refractivity contribution in [3.63, 3.8) is 0 Å². The van der Waals surface area contributed by atoms with Gasteiger partial charge in [0.15, 0.2) is 23.0 Å². The SMILES string of the molecule is CC/C=C(/C)N(c1ccccc1)c1cccc2c1Oc1ccc3c(c1O2)-c1ccccc1C31c2ccccc2-c2ccccc21. The summed E-state index contributed by atoms with van der Waals surface area (Å²) >= 11 is 0. The van der Waals surface area contributed by atoms with Crippen LogP contribution in [0, 0.1) is 0 Å². The minimum atomic E-state index is -0.425. The molecule has 0 amide bonds. The number of nitrogens with zero attached hydrogens (tertiary/aromatic N) is 1. The first-order valence-corrected chi connectivity index (χ1v) is 15.7. The summed E-state index contributed by atoms with van der Waals surface area (Å²) in [5, 5.41) is 0. The van der Waals surface area contributed by atoms with Crippen LogP contribution in [-0.2, 0) is 5.41 Å². The van der Waals surface area contributed by atoms with E-state index in [0.717, 1.165) is 46.3 Å². The van der Waals surface area contributed by atoms with Gasteiger partial charge in [0.25, 0.3) is 0 Å². The number of para-hydroxylation sites is 2. The van der Waals surface area contributed by atoms with Crippen molar-refractivity contribution in [2.75, 3.05) is 4.90 Å². The lowest BCUT2D eigenvalue weighted by atomic mass is 9.70. The number of hydrogen-bond donors (Lipinski definition) is 0. The standard InChI is InChI=1S/C42H31NO2/c1-3-14-27(2)43(28-15-5-4-6-16-28)36-23-13-24-37-40(36)44-38-26-25-35-39(41(38)45-37)31-19-9-12-22-34(31)42(35)32-20-10-7-17-29(32)30-18-8-11-21-33(30)42/h4-26H,3H2,1-2H3/b27-14-. The van der Waals surface area contributed by atoms with Gasteiger partial charge >= 0.3 is 0 Å². The second kappa shape index (κ2) is 9.73. The molecule has 3 nitrogen and oxygen atoms in total. The molecule has 0 atom stereocenters. The van der Waals surface area contributed by atoms with E-state index in [1.165, 1.54) is 38.9 Å². The zero-order valence-electron chi connectivity index (χ0n) is 25.2. The van der Waals surface area contributed by atoms with Crippen molar-refractivity contribution in [2.24, 2.45) is 0 Å². The first-order chi connectivity index (χ1) is 22.2. The first kappa shape index (κ1) is 25.9. The van der Waals surface area contributed by atoms with Gasteiger partial charge < -0.3 is 14.4 Å². The van der Waals surface area contributed by atoms with E-state index in [-0.39, 0.29) is 0 Å². The molecule has 45 heavy (non-hydrogen) atoms. The lowest BCUT2D eigenvalue weighted by molar-refractivity contribution is 0.361. The molecule has 0 aromatic heterocycles.